The van der Waals surface area contributed by atoms with E-state index in [2.05, 4.69) is 5.32 Å². The van der Waals surface area contributed by atoms with Crippen molar-refractivity contribution in [3.05, 3.63) is 0 Å². The van der Waals surface area contributed by atoms with E-state index in [1.165, 1.54) is 0 Å². The zero-order chi connectivity index (χ0) is 4.57. The lowest BCUT2D eigenvalue weighted by Crippen LogP contribution is -2.17. The van der Waals surface area contributed by atoms with Gasteiger partial charge in [-0.2, -0.15) is 0 Å². The fourth-order valence-corrected chi connectivity index (χ4v) is 0.547. The average Bonchev–Trinajstić information content (AvgIpc) is 2.19. The zero-order valence-corrected chi connectivity index (χ0v) is 3.94. The monoisotopic (exact) mass is 86.1 g/mol. The molecule has 3 N–H and O–H groups in total. The largest absolute Gasteiger partial charge is 0.326 e. The summed E-state index contributed by atoms with van der Waals surface area (Å²) in [6.07, 6.45) is 1.16. The van der Waals surface area contributed by atoms with Crippen LogP contribution in [-0.4, -0.2) is 19.1 Å². The summed E-state index contributed by atoms with van der Waals surface area (Å²) in [5.41, 5.74) is 5.41. The number of rotatable bonds is 1. The molecule has 2 unspecified atom stereocenters. The molecule has 0 radical (unpaired) electrons. The van der Waals surface area contributed by atoms with Crippen molar-refractivity contribution in [3.63, 3.8) is 0 Å². The van der Waals surface area contributed by atoms with Crippen molar-refractivity contribution in [2.45, 2.75) is 18.5 Å². The first-order chi connectivity index (χ1) is 2.84. The highest BCUT2D eigenvalue weighted by Gasteiger charge is 2.30. The maximum atomic E-state index is 5.41. The van der Waals surface area contributed by atoms with Crippen molar-refractivity contribution in [1.82, 2.24) is 5.32 Å². The van der Waals surface area contributed by atoms with Crippen LogP contribution in [0.15, 0.2) is 0 Å². The van der Waals surface area contributed by atoms with Crippen LogP contribution in [0.2, 0.25) is 0 Å². The molecule has 2 heteroatoms. The topological polar surface area (TPSA) is 38.0 Å². The third-order valence-corrected chi connectivity index (χ3v) is 1.21. The Balaban J connectivity index is 2.09. The van der Waals surface area contributed by atoms with Crippen LogP contribution in [0.25, 0.3) is 0 Å². The standard InChI is InChI=1S/C4H10N2/c1-6-4-2-3(4)5/h3-4,6H,2,5H2,1H3. The summed E-state index contributed by atoms with van der Waals surface area (Å²) in [6, 6.07) is 1.08. The molecular formula is C4H10N2. The lowest BCUT2D eigenvalue weighted by Gasteiger charge is -1.85. The van der Waals surface area contributed by atoms with E-state index >= 15 is 0 Å². The Morgan fingerprint density at radius 1 is 1.83 bits per heavy atom. The Morgan fingerprint density at radius 2 is 2.33 bits per heavy atom. The first-order valence-electron chi connectivity index (χ1n) is 2.27. The second-order valence-electron chi connectivity index (χ2n) is 1.79. The van der Waals surface area contributed by atoms with Crippen molar-refractivity contribution in [2.75, 3.05) is 7.05 Å². The summed E-state index contributed by atoms with van der Waals surface area (Å²) in [5.74, 6) is 0. The molecule has 0 saturated heterocycles. The Labute approximate surface area is 37.7 Å². The molecule has 1 fully saturated rings. The van der Waals surface area contributed by atoms with Crippen LogP contribution in [-0.2, 0) is 0 Å². The van der Waals surface area contributed by atoms with Gasteiger partial charge in [0, 0.05) is 12.1 Å². The lowest BCUT2D eigenvalue weighted by molar-refractivity contribution is 0.777. The normalized spacial score (nSPS) is 43.0. The third-order valence-electron chi connectivity index (χ3n) is 1.21. The molecule has 0 amide bonds. The molecule has 0 heterocycles. The highest BCUT2D eigenvalue weighted by molar-refractivity contribution is 4.95. The Hall–Kier alpha value is -0.0800. The summed E-state index contributed by atoms with van der Waals surface area (Å²) < 4.78 is 0. The van der Waals surface area contributed by atoms with Gasteiger partial charge in [0.2, 0.25) is 0 Å². The molecule has 2 nitrogen and oxygen atoms in total. The Bertz CT molecular complexity index is 51.5. The molecular weight excluding hydrogens is 76.1 g/mol. The van der Waals surface area contributed by atoms with Gasteiger partial charge in [0.15, 0.2) is 0 Å². The van der Waals surface area contributed by atoms with Crippen LogP contribution in [0.5, 0.6) is 0 Å². The Kier molecular flexibility index (Phi) is 0.821. The smallest absolute Gasteiger partial charge is 0.0231 e. The fraction of sp³-hybridized carbons (Fsp3) is 1.00. The van der Waals surface area contributed by atoms with Gasteiger partial charge in [0.05, 0.1) is 0 Å². The summed E-state index contributed by atoms with van der Waals surface area (Å²) in [6.45, 7) is 0. The van der Waals surface area contributed by atoms with Crippen molar-refractivity contribution in [2.24, 2.45) is 5.73 Å². The summed E-state index contributed by atoms with van der Waals surface area (Å²) in [4.78, 5) is 0. The second-order valence-corrected chi connectivity index (χ2v) is 1.79. The van der Waals surface area contributed by atoms with Crippen LogP contribution in [0.1, 0.15) is 6.42 Å². The predicted molar refractivity (Wildman–Crippen MR) is 25.4 cm³/mol. The van der Waals surface area contributed by atoms with E-state index in [4.69, 9.17) is 5.73 Å². The Morgan fingerprint density at radius 3 is 2.33 bits per heavy atom. The maximum absolute atomic E-state index is 5.41. The molecule has 0 aliphatic heterocycles. The first kappa shape index (κ1) is 4.09. The van der Waals surface area contributed by atoms with Crippen LogP contribution >= 0.6 is 0 Å². The summed E-state index contributed by atoms with van der Waals surface area (Å²) >= 11 is 0. The number of nitrogens with one attached hydrogen (secondary N) is 1. The summed E-state index contributed by atoms with van der Waals surface area (Å²) in [5, 5.41) is 3.06. The molecule has 0 bridgehead atoms. The van der Waals surface area contributed by atoms with E-state index in [1.54, 1.807) is 0 Å². The van der Waals surface area contributed by atoms with Gasteiger partial charge >= 0.3 is 0 Å². The molecule has 1 rings (SSSR count). The number of hydrogen-bond acceptors (Lipinski definition) is 2. The molecule has 36 valence electrons. The molecule has 0 aromatic carbocycles. The van der Waals surface area contributed by atoms with E-state index in [-0.39, 0.29) is 0 Å². The van der Waals surface area contributed by atoms with E-state index in [0.717, 1.165) is 6.42 Å². The van der Waals surface area contributed by atoms with Gasteiger partial charge in [-0.3, -0.25) is 0 Å². The first-order valence-corrected chi connectivity index (χ1v) is 2.27. The number of nitrogens with two attached hydrogens (primary N) is 1. The van der Waals surface area contributed by atoms with Gasteiger partial charge in [-0.15, -0.1) is 0 Å². The van der Waals surface area contributed by atoms with E-state index in [0.29, 0.717) is 12.1 Å². The maximum Gasteiger partial charge on any atom is 0.0231 e. The van der Waals surface area contributed by atoms with Gasteiger partial charge in [-0.05, 0) is 13.5 Å². The van der Waals surface area contributed by atoms with Crippen LogP contribution in [0, 0.1) is 0 Å². The minimum Gasteiger partial charge on any atom is -0.326 e. The van der Waals surface area contributed by atoms with Gasteiger partial charge in [0.25, 0.3) is 0 Å². The number of hydrogen-bond donors (Lipinski definition) is 2. The second kappa shape index (κ2) is 1.21. The van der Waals surface area contributed by atoms with Crippen LogP contribution in [0.4, 0.5) is 0 Å². The highest BCUT2D eigenvalue weighted by atomic mass is 15.0. The predicted octanol–water partition coefficient (Wildman–Crippen LogP) is -0.695. The van der Waals surface area contributed by atoms with Gasteiger partial charge < -0.3 is 11.1 Å². The quantitative estimate of drug-likeness (QED) is 0.443. The third kappa shape index (κ3) is 0.533. The van der Waals surface area contributed by atoms with Crippen molar-refractivity contribution in [1.29, 1.82) is 0 Å². The molecule has 0 aromatic heterocycles. The van der Waals surface area contributed by atoms with Crippen molar-refractivity contribution >= 4 is 0 Å². The van der Waals surface area contributed by atoms with Gasteiger partial charge in [-0.25, -0.2) is 0 Å². The zero-order valence-electron chi connectivity index (χ0n) is 3.94. The van der Waals surface area contributed by atoms with E-state index in [9.17, 15) is 0 Å². The van der Waals surface area contributed by atoms with Gasteiger partial charge in [0.1, 0.15) is 0 Å². The SMILES string of the molecule is CNC1CC1N. The summed E-state index contributed by atoms with van der Waals surface area (Å²) in [7, 11) is 1.94. The molecule has 1 saturated carbocycles. The molecule has 1 aliphatic carbocycles. The van der Waals surface area contributed by atoms with Crippen LogP contribution < -0.4 is 11.1 Å². The van der Waals surface area contributed by atoms with Crippen LogP contribution in [0.3, 0.4) is 0 Å². The van der Waals surface area contributed by atoms with Gasteiger partial charge in [-0.1, -0.05) is 0 Å². The highest BCUT2D eigenvalue weighted by Crippen LogP contribution is 2.15. The average molecular weight is 86.1 g/mol. The molecule has 0 spiro atoms. The number of likely N-dealkylation sites (N-methyl/N-ethyl adjacent to an activating group) is 1. The molecule has 6 heavy (non-hydrogen) atoms. The molecule has 0 aromatic rings. The molecule has 2 atom stereocenters. The molecule has 1 aliphatic rings. The van der Waals surface area contributed by atoms with E-state index < -0.39 is 0 Å². The lowest BCUT2D eigenvalue weighted by atomic mass is 10.7. The minimum absolute atomic E-state index is 0.454. The fourth-order valence-electron chi connectivity index (χ4n) is 0.547. The van der Waals surface area contributed by atoms with Crippen molar-refractivity contribution < 1.29 is 0 Å². The van der Waals surface area contributed by atoms with Crippen molar-refractivity contribution in [3.8, 4) is 0 Å². The van der Waals surface area contributed by atoms with E-state index in [1.807, 2.05) is 7.05 Å². The minimum atomic E-state index is 0.454.